The molecule has 0 aliphatic carbocycles. The molecule has 21 heavy (non-hydrogen) atoms. The Bertz CT molecular complexity index is 675. The molecule has 0 aliphatic heterocycles. The lowest BCUT2D eigenvalue weighted by Gasteiger charge is -2.07. The zero-order valence-corrected chi connectivity index (χ0v) is 13.5. The van der Waals surface area contributed by atoms with Crippen molar-refractivity contribution in [2.45, 2.75) is 31.2 Å². The van der Waals surface area contributed by atoms with Crippen LogP contribution >= 0.6 is 11.3 Å². The summed E-state index contributed by atoms with van der Waals surface area (Å²) in [5.41, 5.74) is 1.02. The van der Waals surface area contributed by atoms with Gasteiger partial charge in [-0.15, -0.1) is 11.3 Å². The van der Waals surface area contributed by atoms with E-state index in [1.165, 1.54) is 0 Å². The van der Waals surface area contributed by atoms with Gasteiger partial charge in [-0.2, -0.15) is 0 Å². The van der Waals surface area contributed by atoms with Crippen LogP contribution in [0.15, 0.2) is 41.3 Å². The Morgan fingerprint density at radius 2 is 1.86 bits per heavy atom. The van der Waals surface area contributed by atoms with E-state index < -0.39 is 10.0 Å². The number of thiophene rings is 1. The second-order valence-corrected chi connectivity index (χ2v) is 7.95. The van der Waals surface area contributed by atoms with Crippen molar-refractivity contribution in [2.75, 3.05) is 6.61 Å². The molecule has 2 N–H and O–H groups in total. The zero-order chi connectivity index (χ0) is 15.3. The Morgan fingerprint density at radius 3 is 2.43 bits per heavy atom. The average molecular weight is 325 g/mol. The fourth-order valence-corrected chi connectivity index (χ4v) is 3.88. The van der Waals surface area contributed by atoms with Crippen LogP contribution < -0.4 is 4.72 Å². The second kappa shape index (κ2) is 7.17. The van der Waals surface area contributed by atoms with Crippen LogP contribution in [0.4, 0.5) is 0 Å². The molecule has 1 heterocycles. The van der Waals surface area contributed by atoms with Crippen molar-refractivity contribution >= 4 is 21.4 Å². The molecule has 0 aliphatic rings. The van der Waals surface area contributed by atoms with Gasteiger partial charge in [-0.05, 0) is 49.6 Å². The van der Waals surface area contributed by atoms with Crippen molar-refractivity contribution in [3.05, 3.63) is 51.7 Å². The van der Waals surface area contributed by atoms with Crippen molar-refractivity contribution in [3.8, 4) is 0 Å². The summed E-state index contributed by atoms with van der Waals surface area (Å²) in [5.74, 6) is 0. The molecule has 1 aromatic heterocycles. The van der Waals surface area contributed by atoms with Gasteiger partial charge in [0.2, 0.25) is 10.0 Å². The van der Waals surface area contributed by atoms with E-state index in [4.69, 9.17) is 5.11 Å². The number of aryl methyl sites for hydroxylation is 2. The molecule has 0 saturated heterocycles. The topological polar surface area (TPSA) is 66.4 Å². The zero-order valence-electron chi connectivity index (χ0n) is 11.9. The molecular formula is C15H19NO3S2. The molecule has 114 valence electrons. The van der Waals surface area contributed by atoms with E-state index in [1.54, 1.807) is 35.6 Å². The Morgan fingerprint density at radius 1 is 1.14 bits per heavy atom. The smallest absolute Gasteiger partial charge is 0.240 e. The molecule has 0 radical (unpaired) electrons. The molecule has 6 heteroatoms. The normalized spacial score (nSPS) is 11.7. The first-order valence-corrected chi connectivity index (χ1v) is 9.06. The molecule has 2 rings (SSSR count). The SMILES string of the molecule is Cc1ccc(CNS(=O)(=O)c2ccc(CCCO)cc2)s1. The number of hydrogen-bond donors (Lipinski definition) is 2. The van der Waals surface area contributed by atoms with E-state index in [1.807, 2.05) is 19.1 Å². The highest BCUT2D eigenvalue weighted by molar-refractivity contribution is 7.89. The van der Waals surface area contributed by atoms with Crippen molar-refractivity contribution in [1.82, 2.24) is 4.72 Å². The van der Waals surface area contributed by atoms with Crippen LogP contribution in [0.25, 0.3) is 0 Å². The van der Waals surface area contributed by atoms with Crippen molar-refractivity contribution in [1.29, 1.82) is 0 Å². The highest BCUT2D eigenvalue weighted by Gasteiger charge is 2.13. The molecule has 0 unspecified atom stereocenters. The van der Waals surface area contributed by atoms with Crippen LogP contribution in [0.1, 0.15) is 21.7 Å². The van der Waals surface area contributed by atoms with Gasteiger partial charge in [0.15, 0.2) is 0 Å². The number of aliphatic hydroxyl groups is 1. The second-order valence-electron chi connectivity index (χ2n) is 4.81. The van der Waals surface area contributed by atoms with Gasteiger partial charge in [-0.3, -0.25) is 0 Å². The van der Waals surface area contributed by atoms with Crippen molar-refractivity contribution < 1.29 is 13.5 Å². The van der Waals surface area contributed by atoms with Gasteiger partial charge >= 0.3 is 0 Å². The Hall–Kier alpha value is -1.21. The van der Waals surface area contributed by atoms with Gasteiger partial charge in [-0.25, -0.2) is 13.1 Å². The number of hydrogen-bond acceptors (Lipinski definition) is 4. The molecule has 2 aromatic rings. The van der Waals surface area contributed by atoms with Crippen LogP contribution in [0.5, 0.6) is 0 Å². The predicted octanol–water partition coefficient (Wildman–Crippen LogP) is 2.46. The predicted molar refractivity (Wildman–Crippen MR) is 84.9 cm³/mol. The van der Waals surface area contributed by atoms with E-state index in [0.29, 0.717) is 13.0 Å². The van der Waals surface area contributed by atoms with E-state index in [0.717, 1.165) is 21.7 Å². The van der Waals surface area contributed by atoms with Gasteiger partial charge in [-0.1, -0.05) is 12.1 Å². The summed E-state index contributed by atoms with van der Waals surface area (Å²) < 4.78 is 27.0. The van der Waals surface area contributed by atoms with Crippen LogP contribution in [0.2, 0.25) is 0 Å². The largest absolute Gasteiger partial charge is 0.396 e. The van der Waals surface area contributed by atoms with Gasteiger partial charge in [0.05, 0.1) is 4.90 Å². The standard InChI is InChI=1S/C15H19NO3S2/c1-12-4-7-14(20-12)11-16-21(18,19)15-8-5-13(6-9-15)3-2-10-17/h4-9,16-17H,2-3,10-11H2,1H3. The maximum atomic E-state index is 12.2. The van der Waals surface area contributed by atoms with Crippen molar-refractivity contribution in [2.24, 2.45) is 0 Å². The average Bonchev–Trinajstić information content (AvgIpc) is 2.89. The maximum absolute atomic E-state index is 12.2. The number of sulfonamides is 1. The van der Waals surface area contributed by atoms with Crippen molar-refractivity contribution in [3.63, 3.8) is 0 Å². The van der Waals surface area contributed by atoms with Crippen LogP contribution in [-0.2, 0) is 23.0 Å². The summed E-state index contributed by atoms with van der Waals surface area (Å²) in [6.07, 6.45) is 1.43. The number of benzene rings is 1. The van der Waals surface area contributed by atoms with Crippen LogP contribution in [-0.4, -0.2) is 20.1 Å². The number of rotatable bonds is 7. The lowest BCUT2D eigenvalue weighted by Crippen LogP contribution is -2.22. The monoisotopic (exact) mass is 325 g/mol. The third kappa shape index (κ3) is 4.64. The third-order valence-electron chi connectivity index (χ3n) is 3.09. The molecule has 0 spiro atoms. The minimum atomic E-state index is -3.48. The van der Waals surface area contributed by atoms with Crippen LogP contribution in [0, 0.1) is 6.92 Å². The summed E-state index contributed by atoms with van der Waals surface area (Å²) >= 11 is 1.58. The number of nitrogens with one attached hydrogen (secondary N) is 1. The minimum Gasteiger partial charge on any atom is -0.396 e. The van der Waals surface area contributed by atoms with E-state index in [9.17, 15) is 8.42 Å². The highest BCUT2D eigenvalue weighted by Crippen LogP contribution is 2.16. The Balaban J connectivity index is 2.01. The first-order valence-electron chi connectivity index (χ1n) is 6.76. The maximum Gasteiger partial charge on any atom is 0.240 e. The van der Waals surface area contributed by atoms with Crippen LogP contribution in [0.3, 0.4) is 0 Å². The summed E-state index contributed by atoms with van der Waals surface area (Å²) in [6, 6.07) is 10.7. The quantitative estimate of drug-likeness (QED) is 0.822. The lowest BCUT2D eigenvalue weighted by molar-refractivity contribution is 0.288. The molecule has 0 atom stereocenters. The van der Waals surface area contributed by atoms with Gasteiger partial charge in [0.25, 0.3) is 0 Å². The molecule has 0 amide bonds. The third-order valence-corrected chi connectivity index (χ3v) is 5.51. The summed E-state index contributed by atoms with van der Waals surface area (Å²) in [5, 5.41) is 8.79. The molecule has 0 bridgehead atoms. The van der Waals surface area contributed by atoms with Gasteiger partial charge in [0.1, 0.15) is 0 Å². The molecule has 0 fully saturated rings. The van der Waals surface area contributed by atoms with E-state index >= 15 is 0 Å². The highest BCUT2D eigenvalue weighted by atomic mass is 32.2. The molecular weight excluding hydrogens is 306 g/mol. The van der Waals surface area contributed by atoms with Gasteiger partial charge in [0, 0.05) is 22.9 Å². The first-order chi connectivity index (χ1) is 10.0. The first kappa shape index (κ1) is 16.2. The van der Waals surface area contributed by atoms with Gasteiger partial charge < -0.3 is 5.11 Å². The molecule has 1 aromatic carbocycles. The number of aliphatic hydroxyl groups excluding tert-OH is 1. The fraction of sp³-hybridized carbons (Fsp3) is 0.333. The summed E-state index contributed by atoms with van der Waals surface area (Å²) in [6.45, 7) is 2.45. The summed E-state index contributed by atoms with van der Waals surface area (Å²) in [7, 11) is -3.48. The summed E-state index contributed by atoms with van der Waals surface area (Å²) in [4.78, 5) is 2.43. The lowest BCUT2D eigenvalue weighted by atomic mass is 10.1. The van der Waals surface area contributed by atoms with E-state index in [-0.39, 0.29) is 11.5 Å². The fourth-order valence-electron chi connectivity index (χ4n) is 1.95. The molecule has 0 saturated carbocycles. The van der Waals surface area contributed by atoms with E-state index in [2.05, 4.69) is 4.72 Å². The minimum absolute atomic E-state index is 0.141. The Kier molecular flexibility index (Phi) is 5.52. The molecule has 4 nitrogen and oxygen atoms in total. The Labute approximate surface area is 129 Å².